The van der Waals surface area contributed by atoms with Gasteiger partial charge in [-0.2, -0.15) is 0 Å². The number of carboxylic acid groups (broad SMARTS) is 1. The van der Waals surface area contributed by atoms with E-state index in [0.717, 1.165) is 12.8 Å². The normalized spacial score (nSPS) is 53.7. The molecule has 3 N–H and O–H groups in total. The third kappa shape index (κ3) is 1.19. The number of hydrogen-bond acceptors (Lipinski definition) is 2. The fourth-order valence-electron chi connectivity index (χ4n) is 5.10. The molecule has 3 fully saturated rings. The Morgan fingerprint density at radius 2 is 2.11 bits per heavy atom. The van der Waals surface area contributed by atoms with Gasteiger partial charge in [0.2, 0.25) is 0 Å². The van der Waals surface area contributed by atoms with Gasteiger partial charge >= 0.3 is 5.97 Å². The van der Waals surface area contributed by atoms with Gasteiger partial charge in [-0.3, -0.25) is 4.79 Å². The fourth-order valence-corrected chi connectivity index (χ4v) is 5.10. The summed E-state index contributed by atoms with van der Waals surface area (Å²) in [6, 6.07) is 0. The predicted octanol–water partition coefficient (Wildman–Crippen LogP) is 1.90. The Morgan fingerprint density at radius 1 is 1.39 bits per heavy atom. The van der Waals surface area contributed by atoms with Crippen LogP contribution in [-0.2, 0) is 4.79 Å². The van der Waals surface area contributed by atoms with Crippen LogP contribution < -0.4 is 5.73 Å². The van der Waals surface area contributed by atoms with E-state index < -0.39 is 35.1 Å². The van der Waals surface area contributed by atoms with E-state index in [1.165, 1.54) is 0 Å². The molecule has 2 bridgehead atoms. The summed E-state index contributed by atoms with van der Waals surface area (Å²) in [6.45, 7) is 0.153. The minimum atomic E-state index is -1.80. The van der Waals surface area contributed by atoms with Crippen molar-refractivity contribution in [3.8, 4) is 0 Å². The van der Waals surface area contributed by atoms with Crippen molar-refractivity contribution in [3.05, 3.63) is 0 Å². The quantitative estimate of drug-likeness (QED) is 0.813. The van der Waals surface area contributed by atoms with Crippen molar-refractivity contribution in [2.75, 3.05) is 6.54 Å². The standard InChI is InChI=1S/C13H19F2NO2/c14-11-7-2-1-3-8-12(6-16,5-10(17)18)9(4-7)13(8,11)15/h7-9,11H,1-6,16H2,(H,17,18)/t7-,8+,9-,11-,12+,13-/m0/s1. The zero-order valence-electron chi connectivity index (χ0n) is 10.2. The van der Waals surface area contributed by atoms with Crippen molar-refractivity contribution >= 4 is 5.97 Å². The Bertz CT molecular complexity index is 391. The number of carboxylic acids is 1. The zero-order chi connectivity index (χ0) is 13.1. The maximum atomic E-state index is 14.9. The highest BCUT2D eigenvalue weighted by Crippen LogP contribution is 2.73. The topological polar surface area (TPSA) is 63.3 Å². The number of rotatable bonds is 3. The number of carbonyl (C=O) groups is 1. The van der Waals surface area contributed by atoms with Crippen molar-refractivity contribution in [1.29, 1.82) is 0 Å². The van der Waals surface area contributed by atoms with Crippen LogP contribution in [0.25, 0.3) is 0 Å². The predicted molar refractivity (Wildman–Crippen MR) is 61.4 cm³/mol. The van der Waals surface area contributed by atoms with Gasteiger partial charge in [0, 0.05) is 17.3 Å². The summed E-state index contributed by atoms with van der Waals surface area (Å²) in [5, 5.41) is 9.04. The fraction of sp³-hybridized carbons (Fsp3) is 0.923. The second-order valence-electron chi connectivity index (χ2n) is 6.27. The molecule has 3 saturated carbocycles. The van der Waals surface area contributed by atoms with Gasteiger partial charge in [0.15, 0.2) is 0 Å². The van der Waals surface area contributed by atoms with Gasteiger partial charge in [0.1, 0.15) is 11.8 Å². The van der Waals surface area contributed by atoms with E-state index in [9.17, 15) is 13.6 Å². The van der Waals surface area contributed by atoms with Gasteiger partial charge in [-0.05, 0) is 31.7 Å². The molecule has 0 amide bonds. The molecule has 0 aliphatic heterocycles. The Hall–Kier alpha value is -0.710. The van der Waals surface area contributed by atoms with E-state index in [4.69, 9.17) is 10.8 Å². The first-order valence-corrected chi connectivity index (χ1v) is 6.71. The molecule has 0 unspecified atom stereocenters. The molecule has 3 aliphatic carbocycles. The molecule has 3 nitrogen and oxygen atoms in total. The second kappa shape index (κ2) is 3.65. The average Bonchev–Trinajstić information content (AvgIpc) is 2.44. The number of nitrogens with two attached hydrogens (primary N) is 1. The first-order chi connectivity index (χ1) is 8.46. The largest absolute Gasteiger partial charge is 0.481 e. The number of fused-ring (bicyclic) bond motifs is 1. The van der Waals surface area contributed by atoms with Gasteiger partial charge in [-0.25, -0.2) is 8.78 Å². The highest BCUT2D eigenvalue weighted by atomic mass is 19.2. The molecule has 3 rings (SSSR count). The van der Waals surface area contributed by atoms with Crippen LogP contribution >= 0.6 is 0 Å². The zero-order valence-corrected chi connectivity index (χ0v) is 10.2. The lowest BCUT2D eigenvalue weighted by molar-refractivity contribution is -0.219. The molecule has 0 spiro atoms. The highest BCUT2D eigenvalue weighted by molar-refractivity contribution is 5.68. The Kier molecular flexibility index (Phi) is 2.50. The van der Waals surface area contributed by atoms with Crippen LogP contribution in [0.3, 0.4) is 0 Å². The summed E-state index contributed by atoms with van der Waals surface area (Å²) in [5.41, 5.74) is 3.26. The number of halogens is 2. The van der Waals surface area contributed by atoms with Crippen LogP contribution in [-0.4, -0.2) is 29.5 Å². The molecule has 5 heteroatoms. The smallest absolute Gasteiger partial charge is 0.303 e. The molecular formula is C13H19F2NO2. The van der Waals surface area contributed by atoms with Crippen molar-refractivity contribution in [3.63, 3.8) is 0 Å². The van der Waals surface area contributed by atoms with E-state index in [0.29, 0.717) is 12.8 Å². The maximum Gasteiger partial charge on any atom is 0.303 e. The molecule has 0 heterocycles. The molecule has 6 atom stereocenters. The lowest BCUT2D eigenvalue weighted by atomic mass is 9.43. The van der Waals surface area contributed by atoms with E-state index in [1.807, 2.05) is 0 Å². The van der Waals surface area contributed by atoms with Crippen LogP contribution in [0.15, 0.2) is 0 Å². The molecular weight excluding hydrogens is 240 g/mol. The molecule has 0 saturated heterocycles. The third-order valence-electron chi connectivity index (χ3n) is 5.76. The van der Waals surface area contributed by atoms with Gasteiger partial charge in [0.05, 0.1) is 6.42 Å². The highest BCUT2D eigenvalue weighted by Gasteiger charge is 2.78. The number of aliphatic carboxylic acids is 1. The second-order valence-corrected chi connectivity index (χ2v) is 6.27. The molecule has 0 aromatic rings. The molecule has 0 radical (unpaired) electrons. The number of alkyl halides is 2. The van der Waals surface area contributed by atoms with E-state index in [1.54, 1.807) is 0 Å². The van der Waals surface area contributed by atoms with Gasteiger partial charge < -0.3 is 10.8 Å². The summed E-state index contributed by atoms with van der Waals surface area (Å²) in [6.07, 6.45) is 1.03. The average molecular weight is 259 g/mol. The minimum Gasteiger partial charge on any atom is -0.481 e. The molecule has 18 heavy (non-hydrogen) atoms. The van der Waals surface area contributed by atoms with E-state index in [-0.39, 0.29) is 18.9 Å². The van der Waals surface area contributed by atoms with Crippen molar-refractivity contribution < 1.29 is 18.7 Å². The third-order valence-corrected chi connectivity index (χ3v) is 5.76. The molecule has 0 aromatic carbocycles. The van der Waals surface area contributed by atoms with Crippen LogP contribution in [0.5, 0.6) is 0 Å². The van der Waals surface area contributed by atoms with E-state index >= 15 is 0 Å². The molecule has 3 aliphatic rings. The van der Waals surface area contributed by atoms with Crippen LogP contribution in [0, 0.1) is 23.2 Å². The number of hydrogen-bond donors (Lipinski definition) is 2. The lowest BCUT2D eigenvalue weighted by Crippen LogP contribution is -2.70. The van der Waals surface area contributed by atoms with E-state index in [2.05, 4.69) is 0 Å². The van der Waals surface area contributed by atoms with Crippen LogP contribution in [0.1, 0.15) is 32.1 Å². The maximum absolute atomic E-state index is 14.9. The van der Waals surface area contributed by atoms with Gasteiger partial charge in [-0.15, -0.1) is 0 Å². The van der Waals surface area contributed by atoms with Crippen molar-refractivity contribution in [2.45, 2.75) is 43.9 Å². The van der Waals surface area contributed by atoms with Crippen LogP contribution in [0.2, 0.25) is 0 Å². The summed E-state index contributed by atoms with van der Waals surface area (Å²) < 4.78 is 29.2. The Labute approximate surface area is 105 Å². The first-order valence-electron chi connectivity index (χ1n) is 6.71. The summed E-state index contributed by atoms with van der Waals surface area (Å²) >= 11 is 0. The Morgan fingerprint density at radius 3 is 2.72 bits per heavy atom. The lowest BCUT2D eigenvalue weighted by Gasteiger charge is -2.62. The van der Waals surface area contributed by atoms with Gasteiger partial charge in [0.25, 0.3) is 0 Å². The van der Waals surface area contributed by atoms with Crippen molar-refractivity contribution in [2.24, 2.45) is 28.9 Å². The SMILES string of the molecule is NC[C@]1(CC(=O)O)[C@H]2CCC[C@H]3C[C@@H]1[C@]2(F)[C@H]3F. The Balaban J connectivity index is 1.99. The first kappa shape index (κ1) is 12.3. The molecule has 102 valence electrons. The summed E-state index contributed by atoms with van der Waals surface area (Å²) in [7, 11) is 0. The molecule has 0 aromatic heterocycles. The monoisotopic (exact) mass is 259 g/mol. The minimum absolute atomic E-state index is 0.121. The van der Waals surface area contributed by atoms with Crippen LogP contribution in [0.4, 0.5) is 8.78 Å². The van der Waals surface area contributed by atoms with Crippen molar-refractivity contribution in [1.82, 2.24) is 0 Å². The van der Waals surface area contributed by atoms with Gasteiger partial charge in [-0.1, -0.05) is 6.42 Å². The summed E-state index contributed by atoms with van der Waals surface area (Å²) in [4.78, 5) is 11.0. The summed E-state index contributed by atoms with van der Waals surface area (Å²) in [5.74, 6) is -2.17.